The van der Waals surface area contributed by atoms with Gasteiger partial charge in [-0.05, 0) is 5.56 Å². The van der Waals surface area contributed by atoms with Crippen molar-refractivity contribution in [1.82, 2.24) is 14.5 Å². The van der Waals surface area contributed by atoms with E-state index in [1.54, 1.807) is 12.4 Å². The van der Waals surface area contributed by atoms with Crippen LogP contribution in [0, 0.1) is 0 Å². The van der Waals surface area contributed by atoms with Crippen LogP contribution in [0.15, 0.2) is 42.7 Å². The van der Waals surface area contributed by atoms with Gasteiger partial charge in [0.2, 0.25) is 5.88 Å². The standard InChI is InChI=1S/C14H12ClN3O/c1-18-9-16-11-7-12(15)17-14(13(11)18)19-8-10-5-3-2-4-6-10/h2-7,9H,8H2,1H3. The van der Waals surface area contributed by atoms with Gasteiger partial charge in [-0.25, -0.2) is 4.98 Å². The molecule has 0 unspecified atom stereocenters. The molecule has 0 amide bonds. The quantitative estimate of drug-likeness (QED) is 0.688. The number of halogens is 1. The molecule has 0 fully saturated rings. The van der Waals surface area contributed by atoms with Crippen LogP contribution >= 0.6 is 11.6 Å². The highest BCUT2D eigenvalue weighted by Gasteiger charge is 2.11. The fourth-order valence-electron chi connectivity index (χ4n) is 1.94. The summed E-state index contributed by atoms with van der Waals surface area (Å²) in [6, 6.07) is 11.7. The fraction of sp³-hybridized carbons (Fsp3) is 0.143. The SMILES string of the molecule is Cn1cnc2cc(Cl)nc(OCc3ccccc3)c21. The number of nitrogens with zero attached hydrogens (tertiary/aromatic N) is 3. The second-order valence-corrected chi connectivity index (χ2v) is 4.63. The predicted octanol–water partition coefficient (Wildman–Crippen LogP) is 3.20. The number of fused-ring (bicyclic) bond motifs is 1. The van der Waals surface area contributed by atoms with Crippen molar-refractivity contribution in [3.63, 3.8) is 0 Å². The van der Waals surface area contributed by atoms with Crippen molar-refractivity contribution >= 4 is 22.6 Å². The number of aryl methyl sites for hydroxylation is 1. The van der Waals surface area contributed by atoms with E-state index in [1.165, 1.54) is 0 Å². The zero-order chi connectivity index (χ0) is 13.2. The first-order valence-electron chi connectivity index (χ1n) is 5.88. The maximum Gasteiger partial charge on any atom is 0.242 e. The van der Waals surface area contributed by atoms with Gasteiger partial charge in [-0.15, -0.1) is 0 Å². The molecule has 5 heteroatoms. The van der Waals surface area contributed by atoms with Crippen molar-refractivity contribution in [2.45, 2.75) is 6.61 Å². The van der Waals surface area contributed by atoms with Crippen LogP contribution in [0.4, 0.5) is 0 Å². The second-order valence-electron chi connectivity index (χ2n) is 4.25. The minimum atomic E-state index is 0.384. The molecule has 2 aromatic heterocycles. The van der Waals surface area contributed by atoms with Gasteiger partial charge in [-0.2, -0.15) is 4.98 Å². The first-order valence-corrected chi connectivity index (χ1v) is 6.26. The lowest BCUT2D eigenvalue weighted by Gasteiger charge is -2.08. The number of rotatable bonds is 3. The Morgan fingerprint density at radius 2 is 2.05 bits per heavy atom. The molecule has 4 nitrogen and oxygen atoms in total. The zero-order valence-corrected chi connectivity index (χ0v) is 11.1. The lowest BCUT2D eigenvalue weighted by atomic mass is 10.2. The molecule has 0 spiro atoms. The second kappa shape index (κ2) is 4.90. The topological polar surface area (TPSA) is 39.9 Å². The number of ether oxygens (including phenoxy) is 1. The Hall–Kier alpha value is -2.07. The Morgan fingerprint density at radius 1 is 1.26 bits per heavy atom. The summed E-state index contributed by atoms with van der Waals surface area (Å²) in [5.74, 6) is 0.506. The van der Waals surface area contributed by atoms with E-state index in [0.29, 0.717) is 17.6 Å². The van der Waals surface area contributed by atoms with E-state index >= 15 is 0 Å². The number of imidazole rings is 1. The summed E-state index contributed by atoms with van der Waals surface area (Å²) in [5, 5.41) is 0.384. The minimum Gasteiger partial charge on any atom is -0.471 e. The van der Waals surface area contributed by atoms with Crippen molar-refractivity contribution in [2.75, 3.05) is 0 Å². The third-order valence-electron chi connectivity index (χ3n) is 2.85. The van der Waals surface area contributed by atoms with Gasteiger partial charge in [-0.1, -0.05) is 41.9 Å². The van der Waals surface area contributed by atoms with Crippen molar-refractivity contribution in [1.29, 1.82) is 0 Å². The minimum absolute atomic E-state index is 0.384. The summed E-state index contributed by atoms with van der Waals surface area (Å²) in [7, 11) is 1.90. The maximum atomic E-state index is 5.97. The molecule has 0 aliphatic rings. The van der Waals surface area contributed by atoms with E-state index in [2.05, 4.69) is 9.97 Å². The molecule has 0 radical (unpaired) electrons. The molecule has 19 heavy (non-hydrogen) atoms. The number of hydrogen-bond donors (Lipinski definition) is 0. The molecule has 0 N–H and O–H groups in total. The largest absolute Gasteiger partial charge is 0.471 e. The van der Waals surface area contributed by atoms with Crippen molar-refractivity contribution in [2.24, 2.45) is 7.05 Å². The van der Waals surface area contributed by atoms with Gasteiger partial charge in [0.05, 0.1) is 11.8 Å². The molecule has 2 heterocycles. The molecule has 3 rings (SSSR count). The van der Waals surface area contributed by atoms with E-state index in [0.717, 1.165) is 16.6 Å². The molecular weight excluding hydrogens is 262 g/mol. The number of pyridine rings is 1. The maximum absolute atomic E-state index is 5.97. The highest BCUT2D eigenvalue weighted by Crippen LogP contribution is 2.25. The summed E-state index contributed by atoms with van der Waals surface area (Å²) < 4.78 is 7.64. The van der Waals surface area contributed by atoms with Crippen LogP contribution in [0.1, 0.15) is 5.56 Å². The lowest BCUT2D eigenvalue weighted by molar-refractivity contribution is 0.297. The molecule has 0 aliphatic carbocycles. The summed E-state index contributed by atoms with van der Waals surface area (Å²) in [6.07, 6.45) is 1.72. The van der Waals surface area contributed by atoms with Crippen LogP contribution in [0.25, 0.3) is 11.0 Å². The Kier molecular flexibility index (Phi) is 3.09. The summed E-state index contributed by atoms with van der Waals surface area (Å²) >= 11 is 5.97. The normalized spacial score (nSPS) is 10.8. The van der Waals surface area contributed by atoms with Gasteiger partial charge in [0.25, 0.3) is 0 Å². The first kappa shape index (κ1) is 12.0. The average molecular weight is 274 g/mol. The molecule has 3 aromatic rings. The van der Waals surface area contributed by atoms with E-state index in [1.807, 2.05) is 41.9 Å². The van der Waals surface area contributed by atoms with Crippen LogP contribution in [0.3, 0.4) is 0 Å². The van der Waals surface area contributed by atoms with Gasteiger partial charge in [0.1, 0.15) is 17.3 Å². The monoisotopic (exact) mass is 273 g/mol. The van der Waals surface area contributed by atoms with E-state index in [4.69, 9.17) is 16.3 Å². The molecule has 0 atom stereocenters. The highest BCUT2D eigenvalue weighted by molar-refractivity contribution is 6.30. The predicted molar refractivity (Wildman–Crippen MR) is 74.3 cm³/mol. The molecule has 0 aliphatic heterocycles. The Balaban J connectivity index is 1.94. The van der Waals surface area contributed by atoms with Gasteiger partial charge >= 0.3 is 0 Å². The first-order chi connectivity index (χ1) is 9.24. The summed E-state index contributed by atoms with van der Waals surface area (Å²) in [4.78, 5) is 8.49. The number of benzene rings is 1. The molecular formula is C14H12ClN3O. The molecule has 0 bridgehead atoms. The Morgan fingerprint density at radius 3 is 2.84 bits per heavy atom. The summed E-state index contributed by atoms with van der Waals surface area (Å²) in [6.45, 7) is 0.453. The van der Waals surface area contributed by atoms with Gasteiger partial charge in [-0.3, -0.25) is 0 Å². The Labute approximate surface area is 115 Å². The van der Waals surface area contributed by atoms with E-state index in [-0.39, 0.29) is 0 Å². The van der Waals surface area contributed by atoms with Crippen LogP contribution in [-0.2, 0) is 13.7 Å². The fourth-order valence-corrected chi connectivity index (χ4v) is 2.12. The Bertz CT molecular complexity index is 709. The molecule has 0 saturated carbocycles. The molecule has 1 aromatic carbocycles. The van der Waals surface area contributed by atoms with Crippen LogP contribution in [0.2, 0.25) is 5.15 Å². The van der Waals surface area contributed by atoms with Crippen molar-refractivity contribution < 1.29 is 4.74 Å². The lowest BCUT2D eigenvalue weighted by Crippen LogP contribution is -2.00. The summed E-state index contributed by atoms with van der Waals surface area (Å²) in [5.41, 5.74) is 2.71. The molecule has 96 valence electrons. The average Bonchev–Trinajstić information content (AvgIpc) is 2.79. The van der Waals surface area contributed by atoms with Crippen LogP contribution < -0.4 is 4.74 Å². The van der Waals surface area contributed by atoms with Crippen LogP contribution in [-0.4, -0.2) is 14.5 Å². The van der Waals surface area contributed by atoms with Crippen molar-refractivity contribution in [3.8, 4) is 5.88 Å². The zero-order valence-electron chi connectivity index (χ0n) is 10.4. The van der Waals surface area contributed by atoms with E-state index < -0.39 is 0 Å². The van der Waals surface area contributed by atoms with Gasteiger partial charge in [0, 0.05) is 13.1 Å². The molecule has 0 saturated heterocycles. The highest BCUT2D eigenvalue weighted by atomic mass is 35.5. The van der Waals surface area contributed by atoms with Crippen LogP contribution in [0.5, 0.6) is 5.88 Å². The smallest absolute Gasteiger partial charge is 0.242 e. The third kappa shape index (κ3) is 2.39. The van der Waals surface area contributed by atoms with Crippen molar-refractivity contribution in [3.05, 3.63) is 53.4 Å². The number of hydrogen-bond acceptors (Lipinski definition) is 3. The van der Waals surface area contributed by atoms with Gasteiger partial charge < -0.3 is 9.30 Å². The van der Waals surface area contributed by atoms with E-state index in [9.17, 15) is 0 Å². The number of aromatic nitrogens is 3. The van der Waals surface area contributed by atoms with Gasteiger partial charge in [0.15, 0.2) is 0 Å². The third-order valence-corrected chi connectivity index (χ3v) is 3.04.